The van der Waals surface area contributed by atoms with E-state index < -0.39 is 6.03 Å². The number of para-hydroxylation sites is 4. The number of aryl methyl sites for hydroxylation is 3. The number of anilines is 6. The molecule has 0 atom stereocenters. The van der Waals surface area contributed by atoms with Crippen molar-refractivity contribution in [3.8, 4) is 0 Å². The molecule has 0 saturated carbocycles. The molecule has 57 heavy (non-hydrogen) atoms. The van der Waals surface area contributed by atoms with Crippen molar-refractivity contribution < 1.29 is 19.2 Å². The molecule has 0 aliphatic rings. The molecule has 288 valence electrons. The number of rotatable bonds is 12. The van der Waals surface area contributed by atoms with E-state index in [1.54, 1.807) is 72.8 Å². The van der Waals surface area contributed by atoms with Crippen molar-refractivity contribution in [2.24, 2.45) is 0 Å². The van der Waals surface area contributed by atoms with Crippen molar-refractivity contribution in [3.63, 3.8) is 0 Å². The highest BCUT2D eigenvalue weighted by Crippen LogP contribution is 2.31. The van der Waals surface area contributed by atoms with Gasteiger partial charge in [0.05, 0.1) is 11.4 Å². The number of carbonyl (C=O) groups is 4. The first kappa shape index (κ1) is 39.5. The van der Waals surface area contributed by atoms with Gasteiger partial charge in [-0.2, -0.15) is 0 Å². The smallest absolute Gasteiger partial charge is 0.322 e. The second kappa shape index (κ2) is 18.0. The zero-order chi connectivity index (χ0) is 40.4. The van der Waals surface area contributed by atoms with Gasteiger partial charge < -0.3 is 31.9 Å². The largest absolute Gasteiger partial charge is 0.323 e. The quantitative estimate of drug-likeness (QED) is 0.0739. The predicted molar refractivity (Wildman–Crippen MR) is 231 cm³/mol. The lowest BCUT2D eigenvalue weighted by Crippen LogP contribution is -2.22. The average molecular weight is 759 g/mol. The van der Waals surface area contributed by atoms with Gasteiger partial charge in [0.15, 0.2) is 0 Å². The van der Waals surface area contributed by atoms with Crippen LogP contribution in [0, 0.1) is 13.8 Å². The van der Waals surface area contributed by atoms with Gasteiger partial charge in [-0.15, -0.1) is 0 Å². The Labute approximate surface area is 333 Å². The summed E-state index contributed by atoms with van der Waals surface area (Å²) in [7, 11) is 0. The van der Waals surface area contributed by atoms with E-state index >= 15 is 0 Å². The van der Waals surface area contributed by atoms with Crippen LogP contribution in [0.3, 0.4) is 0 Å². The molecule has 0 fully saturated rings. The molecule has 6 aromatic rings. The standard InChI is InChI=1S/C47H46N6O4/c1-31-29-33(30-32(2)42(31)44(55)52-40-17-11-12-18-41(40)53-46(57)50-37-15-9-6-10-16-37)27-28-47(3,4)35-21-19-34(20-22-35)43(54)48-38-23-25-39(26-24-38)51-45(56)49-36-13-7-5-8-14-36/h5-26,29-30H,27-28H2,1-4H3,(H,48,54)(H,52,55)(H2,49,51,56)(H2,50,53,57). The third kappa shape index (κ3) is 10.7. The molecular weight excluding hydrogens is 713 g/mol. The van der Waals surface area contributed by atoms with Gasteiger partial charge >= 0.3 is 12.1 Å². The maximum absolute atomic E-state index is 13.6. The monoisotopic (exact) mass is 758 g/mol. The summed E-state index contributed by atoms with van der Waals surface area (Å²) >= 11 is 0. The molecule has 0 aromatic heterocycles. The van der Waals surface area contributed by atoms with Crippen molar-refractivity contribution in [2.45, 2.75) is 46.0 Å². The highest BCUT2D eigenvalue weighted by atomic mass is 16.2. The van der Waals surface area contributed by atoms with Crippen molar-refractivity contribution in [2.75, 3.05) is 31.9 Å². The molecule has 0 unspecified atom stereocenters. The highest BCUT2D eigenvalue weighted by Gasteiger charge is 2.22. The van der Waals surface area contributed by atoms with E-state index in [9.17, 15) is 19.2 Å². The Hall–Kier alpha value is -7.20. The van der Waals surface area contributed by atoms with Crippen LogP contribution >= 0.6 is 0 Å². The van der Waals surface area contributed by atoms with E-state index in [-0.39, 0.29) is 23.3 Å². The molecule has 0 heterocycles. The fourth-order valence-electron chi connectivity index (χ4n) is 6.58. The number of carbonyl (C=O) groups excluding carboxylic acids is 4. The van der Waals surface area contributed by atoms with Gasteiger partial charge in [0.1, 0.15) is 0 Å². The van der Waals surface area contributed by atoms with Gasteiger partial charge in [-0.25, -0.2) is 9.59 Å². The molecule has 0 spiro atoms. The van der Waals surface area contributed by atoms with Crippen LogP contribution < -0.4 is 31.9 Å². The van der Waals surface area contributed by atoms with Crippen molar-refractivity contribution in [3.05, 3.63) is 179 Å². The molecule has 10 nitrogen and oxygen atoms in total. The van der Waals surface area contributed by atoms with E-state index in [1.165, 1.54) is 0 Å². The number of benzene rings is 6. The molecule has 0 radical (unpaired) electrons. The Kier molecular flexibility index (Phi) is 12.4. The van der Waals surface area contributed by atoms with Crippen molar-refractivity contribution in [1.29, 1.82) is 0 Å². The van der Waals surface area contributed by atoms with Crippen LogP contribution in [-0.4, -0.2) is 23.9 Å². The van der Waals surface area contributed by atoms with Crippen LogP contribution in [0.5, 0.6) is 0 Å². The maximum Gasteiger partial charge on any atom is 0.323 e. The zero-order valence-corrected chi connectivity index (χ0v) is 32.4. The molecular formula is C47H46N6O4. The Bertz CT molecular complexity index is 2340. The fourth-order valence-corrected chi connectivity index (χ4v) is 6.58. The summed E-state index contributed by atoms with van der Waals surface area (Å²) in [5.41, 5.74) is 8.43. The van der Waals surface area contributed by atoms with Crippen LogP contribution in [0.1, 0.15) is 63.2 Å². The molecule has 6 N–H and O–H groups in total. The molecule has 6 aromatic carbocycles. The third-order valence-corrected chi connectivity index (χ3v) is 9.67. The third-order valence-electron chi connectivity index (χ3n) is 9.67. The second-order valence-electron chi connectivity index (χ2n) is 14.5. The maximum atomic E-state index is 13.6. The van der Waals surface area contributed by atoms with Gasteiger partial charge in [0, 0.05) is 33.9 Å². The minimum atomic E-state index is -0.413. The summed E-state index contributed by atoms with van der Waals surface area (Å²) in [6.07, 6.45) is 1.64. The number of nitrogens with one attached hydrogen (secondary N) is 6. The second-order valence-corrected chi connectivity index (χ2v) is 14.5. The molecule has 6 rings (SSSR count). The minimum absolute atomic E-state index is 0.188. The zero-order valence-electron chi connectivity index (χ0n) is 32.4. The van der Waals surface area contributed by atoms with Gasteiger partial charge in [-0.05, 0) is 127 Å². The van der Waals surface area contributed by atoms with Crippen LogP contribution in [0.15, 0.2) is 146 Å². The summed E-state index contributed by atoms with van der Waals surface area (Å²) in [6, 6.07) is 43.4. The lowest BCUT2D eigenvalue weighted by molar-refractivity contribution is 0.101. The Morgan fingerprint density at radius 2 is 0.912 bits per heavy atom. The number of amides is 6. The average Bonchev–Trinajstić information content (AvgIpc) is 3.19. The highest BCUT2D eigenvalue weighted by molar-refractivity contribution is 6.10. The Morgan fingerprint density at radius 3 is 1.44 bits per heavy atom. The molecule has 0 aliphatic heterocycles. The summed E-state index contributed by atoms with van der Waals surface area (Å²) in [4.78, 5) is 51.6. The summed E-state index contributed by atoms with van der Waals surface area (Å²) in [6.45, 7) is 8.25. The van der Waals surface area contributed by atoms with Gasteiger partial charge in [-0.3, -0.25) is 9.59 Å². The van der Waals surface area contributed by atoms with Crippen LogP contribution in [-0.2, 0) is 11.8 Å². The number of urea groups is 2. The Morgan fingerprint density at radius 1 is 0.474 bits per heavy atom. The van der Waals surface area contributed by atoms with Gasteiger partial charge in [-0.1, -0.05) is 86.6 Å². The van der Waals surface area contributed by atoms with E-state index in [0.29, 0.717) is 45.3 Å². The van der Waals surface area contributed by atoms with E-state index in [4.69, 9.17) is 0 Å². The molecule has 10 heteroatoms. The van der Waals surface area contributed by atoms with E-state index in [0.717, 1.165) is 35.1 Å². The lowest BCUT2D eigenvalue weighted by atomic mass is 9.79. The van der Waals surface area contributed by atoms with Gasteiger partial charge in [0.2, 0.25) is 0 Å². The first-order valence-corrected chi connectivity index (χ1v) is 18.7. The van der Waals surface area contributed by atoms with E-state index in [1.807, 2.05) is 74.5 Å². The summed E-state index contributed by atoms with van der Waals surface area (Å²) in [5, 5.41) is 17.1. The Balaban J connectivity index is 1.02. The van der Waals surface area contributed by atoms with Crippen molar-refractivity contribution in [1.82, 2.24) is 0 Å². The molecule has 6 amide bonds. The minimum Gasteiger partial charge on any atom is -0.322 e. The predicted octanol–water partition coefficient (Wildman–Crippen LogP) is 11.0. The first-order valence-electron chi connectivity index (χ1n) is 18.7. The normalized spacial score (nSPS) is 10.9. The SMILES string of the molecule is Cc1cc(CCC(C)(C)c2ccc(C(=O)Nc3ccc(NC(=O)Nc4ccccc4)cc3)cc2)cc(C)c1C(=O)Nc1ccccc1NC(=O)Nc1ccccc1. The van der Waals surface area contributed by atoms with Crippen LogP contribution in [0.4, 0.5) is 43.7 Å². The lowest BCUT2D eigenvalue weighted by Gasteiger charge is -2.26. The summed E-state index contributed by atoms with van der Waals surface area (Å²) < 4.78 is 0. The van der Waals surface area contributed by atoms with Crippen molar-refractivity contribution >= 4 is 58.0 Å². The molecule has 0 aliphatic carbocycles. The van der Waals surface area contributed by atoms with Gasteiger partial charge in [0.25, 0.3) is 11.8 Å². The molecule has 0 saturated heterocycles. The fraction of sp³-hybridized carbons (Fsp3) is 0.149. The van der Waals surface area contributed by atoms with Crippen LogP contribution in [0.25, 0.3) is 0 Å². The first-order chi connectivity index (χ1) is 27.4. The topological polar surface area (TPSA) is 140 Å². The molecule has 0 bridgehead atoms. The van der Waals surface area contributed by atoms with Crippen LogP contribution in [0.2, 0.25) is 0 Å². The summed E-state index contributed by atoms with van der Waals surface area (Å²) in [5.74, 6) is -0.485. The number of hydrogen-bond donors (Lipinski definition) is 6. The number of hydrogen-bond acceptors (Lipinski definition) is 4. The van der Waals surface area contributed by atoms with E-state index in [2.05, 4.69) is 57.9 Å².